The lowest BCUT2D eigenvalue weighted by Crippen LogP contribution is -1.84. The number of phenols is 1. The largest absolute Gasteiger partial charge is 0.506 e. The van der Waals surface area contributed by atoms with Gasteiger partial charge in [0.15, 0.2) is 0 Å². The molecule has 3 aromatic carbocycles. The molecular formula is C14H8BrIO. The predicted molar refractivity (Wildman–Crippen MR) is 83.5 cm³/mol. The molecule has 1 nitrogen and oxygen atoms in total. The van der Waals surface area contributed by atoms with Gasteiger partial charge in [-0.3, -0.25) is 0 Å². The van der Waals surface area contributed by atoms with Crippen molar-refractivity contribution in [2.45, 2.75) is 0 Å². The average molecular weight is 399 g/mol. The van der Waals surface area contributed by atoms with Crippen molar-refractivity contribution in [1.82, 2.24) is 0 Å². The van der Waals surface area contributed by atoms with Gasteiger partial charge in [0.2, 0.25) is 0 Å². The molecule has 17 heavy (non-hydrogen) atoms. The predicted octanol–water partition coefficient (Wildman–Crippen LogP) is 5.07. The zero-order chi connectivity index (χ0) is 12.0. The number of phenolic OH excluding ortho intramolecular Hbond substituents is 1. The first-order valence-corrected chi connectivity index (χ1v) is 7.04. The lowest BCUT2D eigenvalue weighted by Gasteiger charge is -2.09. The van der Waals surface area contributed by atoms with Crippen LogP contribution in [0.25, 0.3) is 21.5 Å². The van der Waals surface area contributed by atoms with Crippen molar-refractivity contribution >= 4 is 60.1 Å². The second kappa shape index (κ2) is 4.14. The molecule has 0 fully saturated rings. The third kappa shape index (κ3) is 1.72. The summed E-state index contributed by atoms with van der Waals surface area (Å²) in [5.74, 6) is 0.371. The standard InChI is InChI=1S/C14H8BrIO/c15-8-5-6-10-12(7-8)9-3-1-2-4-11(9)14(17)13(10)16/h1-7,17H. The molecule has 0 heterocycles. The van der Waals surface area contributed by atoms with Crippen LogP contribution in [-0.4, -0.2) is 5.11 Å². The first-order valence-electron chi connectivity index (χ1n) is 5.17. The van der Waals surface area contributed by atoms with Crippen LogP contribution < -0.4 is 0 Å². The van der Waals surface area contributed by atoms with E-state index in [9.17, 15) is 5.11 Å². The summed E-state index contributed by atoms with van der Waals surface area (Å²) in [6.07, 6.45) is 0. The van der Waals surface area contributed by atoms with Crippen molar-refractivity contribution in [2.24, 2.45) is 0 Å². The second-order valence-electron chi connectivity index (χ2n) is 3.90. The van der Waals surface area contributed by atoms with Gasteiger partial charge in [0.25, 0.3) is 0 Å². The van der Waals surface area contributed by atoms with Gasteiger partial charge in [0.1, 0.15) is 5.75 Å². The van der Waals surface area contributed by atoms with E-state index in [-0.39, 0.29) is 0 Å². The molecule has 0 aliphatic heterocycles. The molecule has 3 rings (SSSR count). The fourth-order valence-corrected chi connectivity index (χ4v) is 3.22. The third-order valence-corrected chi connectivity index (χ3v) is 4.48. The fourth-order valence-electron chi connectivity index (χ4n) is 2.10. The Morgan fingerprint density at radius 2 is 1.59 bits per heavy atom. The van der Waals surface area contributed by atoms with Gasteiger partial charge < -0.3 is 5.11 Å². The van der Waals surface area contributed by atoms with Crippen LogP contribution in [0.1, 0.15) is 0 Å². The molecular weight excluding hydrogens is 391 g/mol. The van der Waals surface area contributed by atoms with Gasteiger partial charge in [-0.1, -0.05) is 46.3 Å². The van der Waals surface area contributed by atoms with Gasteiger partial charge in [0.05, 0.1) is 3.57 Å². The van der Waals surface area contributed by atoms with Crippen molar-refractivity contribution in [3.8, 4) is 5.75 Å². The van der Waals surface area contributed by atoms with E-state index in [0.717, 1.165) is 29.6 Å². The normalized spacial score (nSPS) is 11.2. The molecule has 0 aromatic heterocycles. The van der Waals surface area contributed by atoms with Crippen molar-refractivity contribution in [3.63, 3.8) is 0 Å². The lowest BCUT2D eigenvalue weighted by atomic mass is 10.0. The number of hydrogen-bond donors (Lipinski definition) is 1. The van der Waals surface area contributed by atoms with Crippen LogP contribution >= 0.6 is 38.5 Å². The van der Waals surface area contributed by atoms with Crippen molar-refractivity contribution < 1.29 is 5.11 Å². The number of aromatic hydroxyl groups is 1. The van der Waals surface area contributed by atoms with Crippen LogP contribution in [0.5, 0.6) is 5.75 Å². The van der Waals surface area contributed by atoms with Crippen LogP contribution in [0.3, 0.4) is 0 Å². The smallest absolute Gasteiger partial charge is 0.137 e. The summed E-state index contributed by atoms with van der Waals surface area (Å²) in [7, 11) is 0. The average Bonchev–Trinajstić information content (AvgIpc) is 2.36. The number of fused-ring (bicyclic) bond motifs is 3. The Morgan fingerprint density at radius 3 is 2.35 bits per heavy atom. The molecule has 0 aliphatic rings. The number of rotatable bonds is 0. The third-order valence-electron chi connectivity index (χ3n) is 2.90. The summed E-state index contributed by atoms with van der Waals surface area (Å²) in [5, 5.41) is 14.4. The Balaban J connectivity index is 2.66. The van der Waals surface area contributed by atoms with Crippen molar-refractivity contribution in [3.05, 3.63) is 50.5 Å². The highest BCUT2D eigenvalue weighted by Crippen LogP contribution is 2.38. The first kappa shape index (κ1) is 11.3. The number of hydrogen-bond acceptors (Lipinski definition) is 1. The quantitative estimate of drug-likeness (QED) is 0.414. The Morgan fingerprint density at radius 1 is 0.882 bits per heavy atom. The maximum absolute atomic E-state index is 10.2. The number of benzene rings is 3. The van der Waals surface area contributed by atoms with E-state index in [1.807, 2.05) is 36.4 Å². The summed E-state index contributed by atoms with van der Waals surface area (Å²) in [4.78, 5) is 0. The van der Waals surface area contributed by atoms with Gasteiger partial charge in [-0.15, -0.1) is 0 Å². The van der Waals surface area contributed by atoms with Crippen LogP contribution in [0.15, 0.2) is 46.9 Å². The zero-order valence-corrected chi connectivity index (χ0v) is 12.5. The molecule has 0 radical (unpaired) electrons. The number of halogens is 2. The summed E-state index contributed by atoms with van der Waals surface area (Å²) < 4.78 is 1.96. The second-order valence-corrected chi connectivity index (χ2v) is 5.89. The Labute approximate surface area is 121 Å². The molecule has 1 N–H and O–H groups in total. The van der Waals surface area contributed by atoms with E-state index >= 15 is 0 Å². The zero-order valence-electron chi connectivity index (χ0n) is 8.74. The van der Waals surface area contributed by atoms with E-state index in [1.165, 1.54) is 0 Å². The molecule has 0 spiro atoms. The minimum absolute atomic E-state index is 0.371. The Hall–Kier alpha value is -0.810. The van der Waals surface area contributed by atoms with E-state index < -0.39 is 0 Å². The maximum atomic E-state index is 10.2. The van der Waals surface area contributed by atoms with Crippen molar-refractivity contribution in [1.29, 1.82) is 0 Å². The van der Waals surface area contributed by atoms with E-state index in [2.05, 4.69) is 44.6 Å². The molecule has 0 aliphatic carbocycles. The highest BCUT2D eigenvalue weighted by molar-refractivity contribution is 14.1. The Kier molecular flexibility index (Phi) is 2.75. The van der Waals surface area contributed by atoms with Crippen LogP contribution in [-0.2, 0) is 0 Å². The molecule has 84 valence electrons. The minimum atomic E-state index is 0.371. The molecule has 0 atom stereocenters. The lowest BCUT2D eigenvalue weighted by molar-refractivity contribution is 0.479. The first-order chi connectivity index (χ1) is 8.18. The molecule has 0 saturated carbocycles. The molecule has 3 heteroatoms. The maximum Gasteiger partial charge on any atom is 0.137 e. The summed E-state index contributed by atoms with van der Waals surface area (Å²) >= 11 is 5.69. The molecule has 0 amide bonds. The molecule has 3 aromatic rings. The van der Waals surface area contributed by atoms with E-state index in [1.54, 1.807) is 0 Å². The van der Waals surface area contributed by atoms with E-state index in [4.69, 9.17) is 0 Å². The van der Waals surface area contributed by atoms with E-state index in [0.29, 0.717) is 5.75 Å². The van der Waals surface area contributed by atoms with Gasteiger partial charge in [-0.25, -0.2) is 0 Å². The minimum Gasteiger partial charge on any atom is -0.506 e. The monoisotopic (exact) mass is 398 g/mol. The summed E-state index contributed by atoms with van der Waals surface area (Å²) in [6.45, 7) is 0. The summed E-state index contributed by atoms with van der Waals surface area (Å²) in [5.41, 5.74) is 0. The SMILES string of the molecule is Oc1c(I)c2ccc(Br)cc2c2ccccc12. The highest BCUT2D eigenvalue weighted by Gasteiger charge is 2.11. The van der Waals surface area contributed by atoms with Gasteiger partial charge in [-0.05, 0) is 50.9 Å². The fraction of sp³-hybridized carbons (Fsp3) is 0. The topological polar surface area (TPSA) is 20.2 Å². The highest BCUT2D eigenvalue weighted by atomic mass is 127. The van der Waals surface area contributed by atoms with Crippen LogP contribution in [0, 0.1) is 3.57 Å². The van der Waals surface area contributed by atoms with Gasteiger partial charge in [-0.2, -0.15) is 0 Å². The molecule has 0 bridgehead atoms. The molecule has 0 saturated heterocycles. The summed E-state index contributed by atoms with van der Waals surface area (Å²) in [6, 6.07) is 14.1. The van der Waals surface area contributed by atoms with Gasteiger partial charge in [0, 0.05) is 9.86 Å². The Bertz CT molecular complexity index is 737. The van der Waals surface area contributed by atoms with Crippen molar-refractivity contribution in [2.75, 3.05) is 0 Å². The van der Waals surface area contributed by atoms with Crippen LogP contribution in [0.4, 0.5) is 0 Å². The van der Waals surface area contributed by atoms with Gasteiger partial charge >= 0.3 is 0 Å². The van der Waals surface area contributed by atoms with Crippen LogP contribution in [0.2, 0.25) is 0 Å². The molecule has 0 unspecified atom stereocenters.